The fraction of sp³-hybridized carbons (Fsp3) is 0.800. The Hall–Kier alpha value is -3.09. The number of anilines is 1. The highest BCUT2D eigenvalue weighted by Crippen LogP contribution is 2.60. The van der Waals surface area contributed by atoms with E-state index in [1.807, 2.05) is 12.2 Å². The van der Waals surface area contributed by atoms with Gasteiger partial charge in [0.15, 0.2) is 18.1 Å². The van der Waals surface area contributed by atoms with Crippen LogP contribution in [0.1, 0.15) is 232 Å². The van der Waals surface area contributed by atoms with Crippen LogP contribution >= 0.6 is 15.6 Å². The summed E-state index contributed by atoms with van der Waals surface area (Å²) < 4.78 is 56.9. The Morgan fingerprint density at radius 1 is 0.711 bits per heavy atom. The molecule has 2 rings (SSSR count). The van der Waals surface area contributed by atoms with Crippen LogP contribution in [-0.2, 0) is 51.1 Å². The summed E-state index contributed by atoms with van der Waals surface area (Å²) in [5.74, 6) is -0.347. The molecule has 0 amide bonds. The molecule has 0 spiro atoms. The van der Waals surface area contributed by atoms with Crippen LogP contribution in [0.25, 0.3) is 0 Å². The SMILES string of the molecule is CCCCCC(=O)/C=C/C=C\CCCCCCCC(=O)OC[C@H](COP(=O)(O)OP(=O)(O)OC[C@H]1O[C@@H](n2ccc(N)nc2=O)[C@H](O)[C@@H]1O)OC(=O)CCCCCCCCCCCCCCCCCCCCC(C)CC. The van der Waals surface area contributed by atoms with E-state index in [0.717, 1.165) is 93.7 Å². The number of carbonyl (C=O) groups is 3. The van der Waals surface area contributed by atoms with Crippen LogP contribution in [0.2, 0.25) is 0 Å². The van der Waals surface area contributed by atoms with Gasteiger partial charge in [-0.2, -0.15) is 9.29 Å². The summed E-state index contributed by atoms with van der Waals surface area (Å²) in [4.78, 5) is 73.9. The Kier molecular flexibility index (Phi) is 38.0. The highest BCUT2D eigenvalue weighted by molar-refractivity contribution is 7.61. The fourth-order valence-electron chi connectivity index (χ4n) is 8.68. The van der Waals surface area contributed by atoms with Gasteiger partial charge in [0.05, 0.1) is 13.2 Å². The Balaban J connectivity index is 1.75. The van der Waals surface area contributed by atoms with Crippen LogP contribution in [0.3, 0.4) is 0 Å². The molecular formula is C55H97N3O16P2. The van der Waals surface area contributed by atoms with Crippen molar-refractivity contribution in [3.05, 3.63) is 47.1 Å². The molecule has 76 heavy (non-hydrogen) atoms. The maximum Gasteiger partial charge on any atom is 0.481 e. The van der Waals surface area contributed by atoms with E-state index in [1.165, 1.54) is 102 Å². The molecule has 438 valence electrons. The zero-order valence-corrected chi connectivity index (χ0v) is 48.0. The van der Waals surface area contributed by atoms with Crippen molar-refractivity contribution >= 4 is 39.2 Å². The van der Waals surface area contributed by atoms with Crippen molar-refractivity contribution in [2.45, 2.75) is 257 Å². The molecule has 1 saturated heterocycles. The molecule has 19 nitrogen and oxygen atoms in total. The van der Waals surface area contributed by atoms with Gasteiger partial charge in [0.1, 0.15) is 30.7 Å². The quantitative estimate of drug-likeness (QED) is 0.0133. The topological polar surface area (TPSA) is 283 Å². The van der Waals surface area contributed by atoms with Crippen molar-refractivity contribution in [1.82, 2.24) is 9.55 Å². The van der Waals surface area contributed by atoms with Gasteiger partial charge in [0.2, 0.25) is 0 Å². The van der Waals surface area contributed by atoms with Gasteiger partial charge in [0, 0.05) is 25.5 Å². The number of nitrogens with two attached hydrogens (primary N) is 1. The number of unbranched alkanes of at least 4 members (excludes halogenated alkanes) is 24. The molecule has 0 aromatic carbocycles. The van der Waals surface area contributed by atoms with Crippen molar-refractivity contribution in [2.24, 2.45) is 5.92 Å². The Labute approximate surface area is 453 Å². The van der Waals surface area contributed by atoms with Gasteiger partial charge in [-0.05, 0) is 50.2 Å². The lowest BCUT2D eigenvalue weighted by Crippen LogP contribution is -2.36. The van der Waals surface area contributed by atoms with E-state index in [9.17, 15) is 48.3 Å². The molecule has 0 radical (unpaired) electrons. The summed E-state index contributed by atoms with van der Waals surface area (Å²) in [5.41, 5.74) is 4.59. The molecule has 8 atom stereocenters. The number of esters is 2. The maximum atomic E-state index is 12.9. The third-order valence-corrected chi connectivity index (χ3v) is 16.2. The van der Waals surface area contributed by atoms with Crippen molar-refractivity contribution in [2.75, 3.05) is 25.6 Å². The molecule has 0 saturated carbocycles. The van der Waals surface area contributed by atoms with Crippen LogP contribution in [-0.4, -0.2) is 91.5 Å². The minimum atomic E-state index is -5.44. The van der Waals surface area contributed by atoms with Crippen molar-refractivity contribution in [3.63, 3.8) is 0 Å². The average molecular weight is 1120 g/mol. The van der Waals surface area contributed by atoms with Crippen LogP contribution < -0.4 is 11.4 Å². The third kappa shape index (κ3) is 34.0. The number of nitrogens with zero attached hydrogens (tertiary/aromatic N) is 2. The number of nitrogen functional groups attached to an aromatic ring is 1. The lowest BCUT2D eigenvalue weighted by Gasteiger charge is -2.21. The maximum absolute atomic E-state index is 12.9. The minimum Gasteiger partial charge on any atom is -0.462 e. The van der Waals surface area contributed by atoms with E-state index in [2.05, 4.69) is 30.1 Å². The number of aliphatic hydroxyl groups is 2. The first-order valence-corrected chi connectivity index (χ1v) is 31.7. The van der Waals surface area contributed by atoms with Gasteiger partial charge in [0.25, 0.3) is 0 Å². The van der Waals surface area contributed by atoms with Crippen molar-refractivity contribution < 1.29 is 71.1 Å². The van der Waals surface area contributed by atoms with E-state index in [-0.39, 0.29) is 24.4 Å². The summed E-state index contributed by atoms with van der Waals surface area (Å²) in [6.07, 6.45) is 33.7. The average Bonchev–Trinajstić information content (AvgIpc) is 3.65. The standard InChI is InChI=1S/C55H97N3O16P2/c1-4-6-30-36-46(59)37-32-27-23-19-17-21-24-28-33-38-50(60)69-42-47(72-51(61)39-34-29-25-20-16-14-12-10-8-7-9-11-13-15-18-22-26-31-35-45(3)5-2)43-70-75(65,66)74-76(67,68)71-44-48-52(62)53(63)54(73-48)58-41-40-49(56)57-55(58)64/h23,27,32,37,40-41,45,47-48,52-54,62-63H,4-22,24-26,28-31,33-36,38-39,42-44H2,1-3H3,(H,65,66)(H,67,68)(H2,56,57,64)/b27-23-,37-32+/t45?,47-,48-,52-,53-,54-/m1/s1. The van der Waals surface area contributed by atoms with E-state index in [1.54, 1.807) is 12.2 Å². The lowest BCUT2D eigenvalue weighted by molar-refractivity contribution is -0.161. The molecule has 0 aliphatic carbocycles. The molecular weight excluding hydrogens is 1020 g/mol. The van der Waals surface area contributed by atoms with Gasteiger partial charge in [-0.15, -0.1) is 0 Å². The van der Waals surface area contributed by atoms with E-state index >= 15 is 0 Å². The van der Waals surface area contributed by atoms with E-state index in [0.29, 0.717) is 19.3 Å². The normalized spacial score (nSPS) is 19.2. The smallest absolute Gasteiger partial charge is 0.462 e. The molecule has 3 unspecified atom stereocenters. The van der Waals surface area contributed by atoms with Gasteiger partial charge in [-0.3, -0.25) is 28.0 Å². The summed E-state index contributed by atoms with van der Waals surface area (Å²) >= 11 is 0. The minimum absolute atomic E-state index is 0.0369. The number of phosphoric ester groups is 2. The third-order valence-electron chi connectivity index (χ3n) is 13.6. The molecule has 0 bridgehead atoms. The first kappa shape index (κ1) is 69.0. The predicted molar refractivity (Wildman–Crippen MR) is 294 cm³/mol. The fourth-order valence-corrected chi connectivity index (χ4v) is 10.8. The Morgan fingerprint density at radius 2 is 1.24 bits per heavy atom. The predicted octanol–water partition coefficient (Wildman–Crippen LogP) is 12.0. The number of carbonyl (C=O) groups excluding carboxylic acids is 3. The van der Waals surface area contributed by atoms with Crippen molar-refractivity contribution in [3.8, 4) is 0 Å². The number of ketones is 1. The molecule has 2 heterocycles. The summed E-state index contributed by atoms with van der Waals surface area (Å²) in [7, 11) is -10.9. The zero-order valence-electron chi connectivity index (χ0n) is 46.2. The summed E-state index contributed by atoms with van der Waals surface area (Å²) in [6.45, 7) is 4.38. The number of aliphatic hydroxyl groups excluding tert-OH is 2. The molecule has 1 fully saturated rings. The molecule has 1 aromatic heterocycles. The van der Waals surface area contributed by atoms with Crippen molar-refractivity contribution in [1.29, 1.82) is 0 Å². The molecule has 1 aromatic rings. The molecule has 1 aliphatic rings. The number of phosphoric acid groups is 2. The van der Waals surface area contributed by atoms with Crippen LogP contribution in [0.4, 0.5) is 5.82 Å². The van der Waals surface area contributed by atoms with E-state index < -0.39 is 83.7 Å². The van der Waals surface area contributed by atoms with Gasteiger partial charge < -0.3 is 39.9 Å². The van der Waals surface area contributed by atoms with Gasteiger partial charge >= 0.3 is 33.3 Å². The van der Waals surface area contributed by atoms with E-state index in [4.69, 9.17) is 29.0 Å². The summed E-state index contributed by atoms with van der Waals surface area (Å²) in [5, 5.41) is 20.9. The highest BCUT2D eigenvalue weighted by atomic mass is 31.3. The van der Waals surface area contributed by atoms with Gasteiger partial charge in [-0.25, -0.2) is 13.9 Å². The highest BCUT2D eigenvalue weighted by Gasteiger charge is 2.46. The monoisotopic (exact) mass is 1120 g/mol. The second-order valence-electron chi connectivity index (χ2n) is 20.4. The number of hydrogen-bond donors (Lipinski definition) is 5. The summed E-state index contributed by atoms with van der Waals surface area (Å²) in [6, 6.07) is 1.25. The van der Waals surface area contributed by atoms with Gasteiger partial charge in [-0.1, -0.05) is 193 Å². The number of hydrogen-bond acceptors (Lipinski definition) is 16. The number of aromatic nitrogens is 2. The molecule has 6 N–H and O–H groups in total. The first-order valence-electron chi connectivity index (χ1n) is 28.7. The number of allylic oxidation sites excluding steroid dienone is 4. The first-order chi connectivity index (χ1) is 36.5. The lowest BCUT2D eigenvalue weighted by atomic mass is 9.99. The van der Waals surface area contributed by atoms with Crippen LogP contribution in [0, 0.1) is 5.92 Å². The number of rotatable bonds is 48. The zero-order chi connectivity index (χ0) is 55.9. The second-order valence-corrected chi connectivity index (χ2v) is 23.5. The molecule has 21 heteroatoms. The van der Waals surface area contributed by atoms with Crippen LogP contribution in [0.15, 0.2) is 41.4 Å². The Bertz CT molecular complexity index is 1950. The Morgan fingerprint density at radius 3 is 1.80 bits per heavy atom. The largest absolute Gasteiger partial charge is 0.481 e. The van der Waals surface area contributed by atoms with Crippen LogP contribution in [0.5, 0.6) is 0 Å². The molecule has 1 aliphatic heterocycles. The number of ether oxygens (including phenoxy) is 3. The second kappa shape index (κ2) is 41.9.